The molecule has 1 aliphatic rings. The molecule has 0 aliphatic heterocycles. The van der Waals surface area contributed by atoms with Gasteiger partial charge in [-0.1, -0.05) is 0 Å². The Bertz CT molecular complexity index is 587. The van der Waals surface area contributed by atoms with Crippen molar-refractivity contribution in [1.82, 2.24) is 10.3 Å². The molecular formula is C12H14F2N2O3S. The van der Waals surface area contributed by atoms with Gasteiger partial charge in [-0.3, -0.25) is 4.79 Å². The van der Waals surface area contributed by atoms with E-state index in [4.69, 9.17) is 5.11 Å². The molecule has 2 unspecified atom stereocenters. The van der Waals surface area contributed by atoms with Crippen LogP contribution in [-0.4, -0.2) is 27.9 Å². The van der Waals surface area contributed by atoms with Crippen LogP contribution in [0.1, 0.15) is 46.7 Å². The number of nitrogens with one attached hydrogen (secondary N) is 1. The number of carbonyl (C=O) groups excluding carboxylic acids is 1. The van der Waals surface area contributed by atoms with Gasteiger partial charge in [0.25, 0.3) is 5.92 Å². The number of hydrogen-bond acceptors (Lipinski definition) is 4. The average molecular weight is 304 g/mol. The van der Waals surface area contributed by atoms with Gasteiger partial charge in [0.2, 0.25) is 5.91 Å². The van der Waals surface area contributed by atoms with E-state index in [2.05, 4.69) is 10.3 Å². The second-order valence-corrected chi connectivity index (χ2v) is 6.21. The van der Waals surface area contributed by atoms with Crippen LogP contribution < -0.4 is 5.32 Å². The molecule has 0 spiro atoms. The van der Waals surface area contributed by atoms with Gasteiger partial charge in [-0.05, 0) is 20.8 Å². The number of aryl methyl sites for hydroxylation is 1. The van der Waals surface area contributed by atoms with Crippen LogP contribution in [0.4, 0.5) is 8.78 Å². The maximum atomic E-state index is 13.1. The van der Waals surface area contributed by atoms with Crippen molar-refractivity contribution in [2.75, 3.05) is 0 Å². The second kappa shape index (κ2) is 4.47. The van der Waals surface area contributed by atoms with Crippen LogP contribution in [0, 0.1) is 12.3 Å². The molecule has 0 aromatic carbocycles. The molecule has 1 amide bonds. The van der Waals surface area contributed by atoms with Crippen molar-refractivity contribution in [3.8, 4) is 0 Å². The molecule has 1 aromatic rings. The third-order valence-electron chi connectivity index (χ3n) is 3.48. The Morgan fingerprint density at radius 3 is 2.45 bits per heavy atom. The maximum absolute atomic E-state index is 13.1. The van der Waals surface area contributed by atoms with Crippen molar-refractivity contribution in [2.24, 2.45) is 5.41 Å². The lowest BCUT2D eigenvalue weighted by Crippen LogP contribution is -2.35. The first-order chi connectivity index (χ1) is 9.08. The first kappa shape index (κ1) is 14.8. The fraction of sp³-hybridized carbons (Fsp3) is 0.583. The SMILES string of the molecule is Cc1nc(C(C)NC(=O)C2(C)CC2(F)F)sc1C(=O)O. The third-order valence-corrected chi connectivity index (χ3v) is 4.81. The number of alkyl halides is 2. The molecule has 0 saturated heterocycles. The van der Waals surface area contributed by atoms with Crippen molar-refractivity contribution >= 4 is 23.2 Å². The smallest absolute Gasteiger partial charge is 0.347 e. The summed E-state index contributed by atoms with van der Waals surface area (Å²) in [5.41, 5.74) is -1.31. The number of rotatable bonds is 4. The molecule has 0 bridgehead atoms. The Morgan fingerprint density at radius 2 is 2.05 bits per heavy atom. The van der Waals surface area contributed by atoms with Crippen molar-refractivity contribution in [3.63, 3.8) is 0 Å². The summed E-state index contributed by atoms with van der Waals surface area (Å²) in [6, 6.07) is -0.604. The van der Waals surface area contributed by atoms with Crippen LogP contribution >= 0.6 is 11.3 Å². The predicted molar refractivity (Wildman–Crippen MR) is 68.0 cm³/mol. The molecule has 5 nitrogen and oxygen atoms in total. The number of thiazole rings is 1. The van der Waals surface area contributed by atoms with Crippen LogP contribution in [0.15, 0.2) is 0 Å². The third kappa shape index (κ3) is 2.28. The summed E-state index contributed by atoms with van der Waals surface area (Å²) in [5.74, 6) is -4.80. The van der Waals surface area contributed by atoms with E-state index in [1.165, 1.54) is 6.92 Å². The molecule has 1 aliphatic carbocycles. The monoisotopic (exact) mass is 304 g/mol. The van der Waals surface area contributed by atoms with Gasteiger partial charge in [-0.2, -0.15) is 0 Å². The lowest BCUT2D eigenvalue weighted by atomic mass is 10.1. The largest absolute Gasteiger partial charge is 0.477 e. The summed E-state index contributed by atoms with van der Waals surface area (Å²) >= 11 is 0.936. The van der Waals surface area contributed by atoms with Crippen molar-refractivity contribution in [2.45, 2.75) is 39.2 Å². The summed E-state index contributed by atoms with van der Waals surface area (Å²) in [5, 5.41) is 11.8. The van der Waals surface area contributed by atoms with Gasteiger partial charge in [0, 0.05) is 6.42 Å². The fourth-order valence-electron chi connectivity index (χ4n) is 1.86. The lowest BCUT2D eigenvalue weighted by molar-refractivity contribution is -0.129. The minimum Gasteiger partial charge on any atom is -0.477 e. The average Bonchev–Trinajstić information content (AvgIpc) is 2.69. The number of aromatic carboxylic acids is 1. The van der Waals surface area contributed by atoms with Gasteiger partial charge in [-0.15, -0.1) is 11.3 Å². The number of nitrogens with zero attached hydrogens (tertiary/aromatic N) is 1. The van der Waals surface area contributed by atoms with E-state index >= 15 is 0 Å². The van der Waals surface area contributed by atoms with Crippen LogP contribution in [0.5, 0.6) is 0 Å². The number of carbonyl (C=O) groups is 2. The van der Waals surface area contributed by atoms with Crippen LogP contribution in [0.2, 0.25) is 0 Å². The number of halogens is 2. The van der Waals surface area contributed by atoms with Crippen molar-refractivity contribution < 1.29 is 23.5 Å². The standard InChI is InChI=1S/C12H14F2N2O3S/c1-5-7(9(17)18)20-8(15-5)6(2)16-10(19)11(3)4-12(11,13)14/h6H,4H2,1-3H3,(H,16,19)(H,17,18). The van der Waals surface area contributed by atoms with Crippen LogP contribution in [0.25, 0.3) is 0 Å². The van der Waals surface area contributed by atoms with E-state index in [1.54, 1.807) is 13.8 Å². The Morgan fingerprint density at radius 1 is 1.50 bits per heavy atom. The van der Waals surface area contributed by atoms with Gasteiger partial charge in [-0.25, -0.2) is 18.6 Å². The zero-order valence-electron chi connectivity index (χ0n) is 11.2. The Balaban J connectivity index is 2.10. The topological polar surface area (TPSA) is 79.3 Å². The fourth-order valence-corrected chi connectivity index (χ4v) is 2.77. The molecule has 1 heterocycles. The van der Waals surface area contributed by atoms with Gasteiger partial charge in [0.05, 0.1) is 11.7 Å². The molecule has 20 heavy (non-hydrogen) atoms. The molecule has 8 heteroatoms. The highest BCUT2D eigenvalue weighted by atomic mass is 32.1. The highest BCUT2D eigenvalue weighted by Gasteiger charge is 2.72. The lowest BCUT2D eigenvalue weighted by Gasteiger charge is -2.15. The van der Waals surface area contributed by atoms with Gasteiger partial charge >= 0.3 is 5.97 Å². The van der Waals surface area contributed by atoms with Crippen molar-refractivity contribution in [3.05, 3.63) is 15.6 Å². The van der Waals surface area contributed by atoms with E-state index in [-0.39, 0.29) is 4.88 Å². The van der Waals surface area contributed by atoms with Gasteiger partial charge < -0.3 is 10.4 Å². The van der Waals surface area contributed by atoms with E-state index < -0.39 is 35.7 Å². The Kier molecular flexibility index (Phi) is 3.32. The Hall–Kier alpha value is -1.57. The summed E-state index contributed by atoms with van der Waals surface area (Å²) in [6.07, 6.45) is -0.462. The number of aromatic nitrogens is 1. The maximum Gasteiger partial charge on any atom is 0.347 e. The van der Waals surface area contributed by atoms with Crippen molar-refractivity contribution in [1.29, 1.82) is 0 Å². The second-order valence-electron chi connectivity index (χ2n) is 5.18. The molecule has 0 radical (unpaired) electrons. The number of carboxylic acid groups (broad SMARTS) is 1. The highest BCUT2D eigenvalue weighted by Crippen LogP contribution is 2.60. The zero-order chi connectivity index (χ0) is 15.3. The van der Waals surface area contributed by atoms with Gasteiger partial charge in [0.15, 0.2) is 0 Å². The van der Waals surface area contributed by atoms with E-state index in [9.17, 15) is 18.4 Å². The first-order valence-electron chi connectivity index (χ1n) is 5.98. The summed E-state index contributed by atoms with van der Waals surface area (Å²) in [7, 11) is 0. The quantitative estimate of drug-likeness (QED) is 0.895. The molecule has 2 atom stereocenters. The number of amides is 1. The number of carboxylic acids is 1. The highest BCUT2D eigenvalue weighted by molar-refractivity contribution is 7.13. The molecule has 110 valence electrons. The van der Waals surface area contributed by atoms with Gasteiger partial charge in [0.1, 0.15) is 15.3 Å². The number of hydrogen-bond donors (Lipinski definition) is 2. The summed E-state index contributed by atoms with van der Waals surface area (Å²) in [4.78, 5) is 26.9. The molecule has 2 N–H and O–H groups in total. The predicted octanol–water partition coefficient (Wildman–Crippen LogP) is 2.37. The molecule has 1 saturated carbocycles. The van der Waals surface area contributed by atoms with Crippen LogP contribution in [0.3, 0.4) is 0 Å². The first-order valence-corrected chi connectivity index (χ1v) is 6.79. The van der Waals surface area contributed by atoms with E-state index in [0.717, 1.165) is 11.3 Å². The molecular weight excluding hydrogens is 290 g/mol. The zero-order valence-corrected chi connectivity index (χ0v) is 12.0. The van der Waals surface area contributed by atoms with Crippen LogP contribution in [-0.2, 0) is 4.79 Å². The normalized spacial score (nSPS) is 25.1. The molecule has 1 fully saturated rings. The minimum absolute atomic E-state index is 0.0871. The van der Waals surface area contributed by atoms with E-state index in [1.807, 2.05) is 0 Å². The Labute approximate surface area is 118 Å². The molecule has 1 aromatic heterocycles. The summed E-state index contributed by atoms with van der Waals surface area (Å²) in [6.45, 7) is 4.35. The minimum atomic E-state index is -2.97. The van der Waals surface area contributed by atoms with E-state index in [0.29, 0.717) is 10.7 Å². The molecule has 2 rings (SSSR count). The summed E-state index contributed by atoms with van der Waals surface area (Å²) < 4.78 is 26.2.